The van der Waals surface area contributed by atoms with E-state index < -0.39 is 0 Å². The van der Waals surface area contributed by atoms with Gasteiger partial charge in [-0.15, -0.1) is 0 Å². The van der Waals surface area contributed by atoms with Crippen LogP contribution in [0.3, 0.4) is 0 Å². The molecule has 0 aliphatic rings. The quantitative estimate of drug-likeness (QED) is 0.551. The van der Waals surface area contributed by atoms with Crippen LogP contribution in [0.25, 0.3) is 11.0 Å². The van der Waals surface area contributed by atoms with Gasteiger partial charge in [-0.3, -0.25) is 0 Å². The number of thioether (sulfide) groups is 1. The maximum absolute atomic E-state index is 12.4. The number of rotatable bonds is 8. The Kier molecular flexibility index (Phi) is 6.59. The number of carbonyl (C=O) groups is 1. The normalized spacial score (nSPS) is 11.9. The van der Waals surface area contributed by atoms with Gasteiger partial charge in [-0.2, -0.15) is 11.8 Å². The van der Waals surface area contributed by atoms with Crippen molar-refractivity contribution in [2.24, 2.45) is 0 Å². The Morgan fingerprint density at radius 2 is 2.00 bits per heavy atom. The number of aromatic nitrogens is 2. The SMILES string of the molecule is COc1ccc(CNC(=O)N[C@@H](CCSC)c2nc3ccccc3[nH]2)cc1. The number of nitrogens with zero attached hydrogens (tertiary/aromatic N) is 1. The van der Waals surface area contributed by atoms with Crippen molar-refractivity contribution in [2.45, 2.75) is 19.0 Å². The maximum atomic E-state index is 12.4. The molecule has 0 saturated carbocycles. The summed E-state index contributed by atoms with van der Waals surface area (Å²) in [5, 5.41) is 5.95. The van der Waals surface area contributed by atoms with Crippen LogP contribution < -0.4 is 15.4 Å². The molecule has 3 aromatic rings. The zero-order valence-corrected chi connectivity index (χ0v) is 16.3. The number of hydrogen-bond donors (Lipinski definition) is 3. The topological polar surface area (TPSA) is 79.0 Å². The first-order chi connectivity index (χ1) is 13.2. The molecule has 2 amide bonds. The third-order valence-corrected chi connectivity index (χ3v) is 4.91. The number of hydrogen-bond acceptors (Lipinski definition) is 4. The fraction of sp³-hybridized carbons (Fsp3) is 0.300. The van der Waals surface area contributed by atoms with Gasteiger partial charge in [-0.05, 0) is 48.3 Å². The fourth-order valence-corrected chi connectivity index (χ4v) is 3.26. The Bertz CT molecular complexity index is 846. The maximum Gasteiger partial charge on any atom is 0.315 e. The highest BCUT2D eigenvalue weighted by Gasteiger charge is 2.18. The van der Waals surface area contributed by atoms with Crippen LogP contribution >= 0.6 is 11.8 Å². The lowest BCUT2D eigenvalue weighted by molar-refractivity contribution is 0.236. The van der Waals surface area contributed by atoms with E-state index in [1.54, 1.807) is 18.9 Å². The van der Waals surface area contributed by atoms with Crippen LogP contribution in [0.15, 0.2) is 48.5 Å². The monoisotopic (exact) mass is 384 g/mol. The summed E-state index contributed by atoms with van der Waals surface area (Å²) < 4.78 is 5.15. The van der Waals surface area contributed by atoms with Crippen molar-refractivity contribution >= 4 is 28.8 Å². The van der Waals surface area contributed by atoms with Gasteiger partial charge >= 0.3 is 6.03 Å². The van der Waals surface area contributed by atoms with E-state index in [1.165, 1.54) is 0 Å². The summed E-state index contributed by atoms with van der Waals surface area (Å²) in [5.41, 5.74) is 2.89. The summed E-state index contributed by atoms with van der Waals surface area (Å²) in [6.07, 6.45) is 2.86. The predicted octanol–water partition coefficient (Wildman–Crippen LogP) is 3.87. The van der Waals surface area contributed by atoms with Crippen LogP contribution in [0, 0.1) is 0 Å². The van der Waals surface area contributed by atoms with Crippen molar-refractivity contribution in [3.8, 4) is 5.75 Å². The van der Waals surface area contributed by atoms with Crippen LogP contribution in [0.5, 0.6) is 5.75 Å². The minimum atomic E-state index is -0.211. The molecule has 3 N–H and O–H groups in total. The van der Waals surface area contributed by atoms with Crippen LogP contribution in [0.4, 0.5) is 4.79 Å². The zero-order chi connectivity index (χ0) is 19.1. The molecule has 0 aliphatic heterocycles. The van der Waals surface area contributed by atoms with Crippen LogP contribution in [-0.4, -0.2) is 35.1 Å². The molecule has 27 heavy (non-hydrogen) atoms. The third-order valence-electron chi connectivity index (χ3n) is 4.27. The third kappa shape index (κ3) is 5.17. The molecule has 2 aromatic carbocycles. The summed E-state index contributed by atoms with van der Waals surface area (Å²) in [7, 11) is 1.63. The highest BCUT2D eigenvalue weighted by molar-refractivity contribution is 7.98. The molecule has 1 aromatic heterocycles. The fourth-order valence-electron chi connectivity index (χ4n) is 2.79. The first-order valence-corrected chi connectivity index (χ1v) is 10.2. The van der Waals surface area contributed by atoms with Crippen LogP contribution in [0.1, 0.15) is 23.9 Å². The zero-order valence-electron chi connectivity index (χ0n) is 15.5. The van der Waals surface area contributed by atoms with Crippen molar-refractivity contribution in [3.63, 3.8) is 0 Å². The number of methoxy groups -OCH3 is 1. The van der Waals surface area contributed by atoms with Crippen molar-refractivity contribution in [3.05, 3.63) is 59.9 Å². The molecular formula is C20H24N4O2S. The largest absolute Gasteiger partial charge is 0.497 e. The molecule has 6 nitrogen and oxygen atoms in total. The number of carbonyl (C=O) groups excluding carboxylic acids is 1. The molecule has 3 rings (SSSR count). The molecule has 0 spiro atoms. The average molecular weight is 385 g/mol. The van der Waals surface area contributed by atoms with E-state index in [1.807, 2.05) is 48.5 Å². The van der Waals surface area contributed by atoms with Gasteiger partial charge in [0.05, 0.1) is 24.2 Å². The Morgan fingerprint density at radius 1 is 1.22 bits per heavy atom. The number of urea groups is 1. The van der Waals surface area contributed by atoms with E-state index in [2.05, 4.69) is 26.9 Å². The second-order valence-electron chi connectivity index (χ2n) is 6.15. The number of para-hydroxylation sites is 2. The lowest BCUT2D eigenvalue weighted by Gasteiger charge is -2.17. The number of fused-ring (bicyclic) bond motifs is 1. The summed E-state index contributed by atoms with van der Waals surface area (Å²) in [6.45, 7) is 0.450. The Labute approximate surface area is 163 Å². The van der Waals surface area contributed by atoms with Gasteiger partial charge in [0.25, 0.3) is 0 Å². The van der Waals surface area contributed by atoms with Gasteiger partial charge < -0.3 is 20.4 Å². The molecular weight excluding hydrogens is 360 g/mol. The molecule has 0 fully saturated rings. The van der Waals surface area contributed by atoms with Crippen LogP contribution in [-0.2, 0) is 6.54 Å². The van der Waals surface area contributed by atoms with Crippen molar-refractivity contribution in [1.29, 1.82) is 0 Å². The van der Waals surface area contributed by atoms with Gasteiger partial charge in [-0.25, -0.2) is 9.78 Å². The molecule has 0 unspecified atom stereocenters. The number of benzene rings is 2. The lowest BCUT2D eigenvalue weighted by atomic mass is 10.2. The minimum absolute atomic E-state index is 0.166. The lowest BCUT2D eigenvalue weighted by Crippen LogP contribution is -2.38. The van der Waals surface area contributed by atoms with E-state index in [9.17, 15) is 4.79 Å². The Balaban J connectivity index is 1.63. The first-order valence-electron chi connectivity index (χ1n) is 8.80. The van der Waals surface area contributed by atoms with Crippen molar-refractivity contribution in [1.82, 2.24) is 20.6 Å². The minimum Gasteiger partial charge on any atom is -0.497 e. The predicted molar refractivity (Wildman–Crippen MR) is 110 cm³/mol. The number of aromatic amines is 1. The van der Waals surface area contributed by atoms with Crippen molar-refractivity contribution in [2.75, 3.05) is 19.1 Å². The smallest absolute Gasteiger partial charge is 0.315 e. The van der Waals surface area contributed by atoms with Crippen LogP contribution in [0.2, 0.25) is 0 Å². The highest BCUT2D eigenvalue weighted by Crippen LogP contribution is 2.20. The summed E-state index contributed by atoms with van der Waals surface area (Å²) >= 11 is 1.75. The van der Waals surface area contributed by atoms with E-state index in [4.69, 9.17) is 4.74 Å². The molecule has 0 radical (unpaired) electrons. The average Bonchev–Trinajstić information content (AvgIpc) is 3.14. The molecule has 1 heterocycles. The van der Waals surface area contributed by atoms with Gasteiger partial charge in [0.15, 0.2) is 0 Å². The molecule has 0 aliphatic carbocycles. The first kappa shape index (κ1) is 19.1. The van der Waals surface area contributed by atoms with Gasteiger partial charge in [-0.1, -0.05) is 24.3 Å². The molecule has 7 heteroatoms. The highest BCUT2D eigenvalue weighted by atomic mass is 32.2. The summed E-state index contributed by atoms with van der Waals surface area (Å²) in [4.78, 5) is 20.4. The number of ether oxygens (including phenoxy) is 1. The number of amides is 2. The Morgan fingerprint density at radius 3 is 2.70 bits per heavy atom. The second kappa shape index (κ2) is 9.32. The van der Waals surface area contributed by atoms with E-state index in [0.717, 1.165) is 40.3 Å². The van der Waals surface area contributed by atoms with E-state index in [0.29, 0.717) is 6.54 Å². The Hall–Kier alpha value is -2.67. The van der Waals surface area contributed by atoms with Crippen molar-refractivity contribution < 1.29 is 9.53 Å². The number of H-pyrrole nitrogens is 1. The molecule has 0 saturated heterocycles. The number of nitrogens with one attached hydrogen (secondary N) is 3. The number of imidazole rings is 1. The van der Waals surface area contributed by atoms with E-state index in [-0.39, 0.29) is 12.1 Å². The molecule has 1 atom stereocenters. The molecule has 142 valence electrons. The van der Waals surface area contributed by atoms with Gasteiger partial charge in [0, 0.05) is 6.54 Å². The standard InChI is InChI=1S/C20H24N4O2S/c1-26-15-9-7-14(8-10-15)13-21-20(25)24-18(11-12-27-2)19-22-16-5-3-4-6-17(16)23-19/h3-10,18H,11-13H2,1-2H3,(H,22,23)(H2,21,24,25)/t18-/m0/s1. The summed E-state index contributed by atoms with van der Waals surface area (Å²) in [5.74, 6) is 2.51. The second-order valence-corrected chi connectivity index (χ2v) is 7.13. The molecule has 0 bridgehead atoms. The van der Waals surface area contributed by atoms with Gasteiger partial charge in [0.2, 0.25) is 0 Å². The summed E-state index contributed by atoms with van der Waals surface area (Å²) in [6, 6.07) is 15.1. The van der Waals surface area contributed by atoms with Gasteiger partial charge in [0.1, 0.15) is 11.6 Å². The van der Waals surface area contributed by atoms with E-state index >= 15 is 0 Å².